The van der Waals surface area contributed by atoms with E-state index in [1.54, 1.807) is 0 Å². The zero-order chi connectivity index (χ0) is 15.6. The first kappa shape index (κ1) is 13.6. The van der Waals surface area contributed by atoms with Gasteiger partial charge in [-0.05, 0) is 53.8 Å². The van der Waals surface area contributed by atoms with Crippen LogP contribution >= 0.6 is 0 Å². The first-order chi connectivity index (χ1) is 11.3. The molecule has 0 radical (unpaired) electrons. The maximum Gasteiger partial charge on any atom is 0.255 e. The average molecular weight is 305 g/mol. The van der Waals surface area contributed by atoms with E-state index in [4.69, 9.17) is 0 Å². The van der Waals surface area contributed by atoms with Gasteiger partial charge in [0.2, 0.25) is 5.82 Å². The Morgan fingerprint density at radius 1 is 1.09 bits per heavy atom. The topological polar surface area (TPSA) is 83.6 Å². The number of anilines is 1. The smallest absolute Gasteiger partial charge is 0.255 e. The molecule has 0 spiro atoms. The van der Waals surface area contributed by atoms with Gasteiger partial charge in [-0.25, -0.2) is 0 Å². The minimum atomic E-state index is -0.0975. The third kappa shape index (κ3) is 2.48. The largest absolute Gasteiger partial charge is 0.321 e. The van der Waals surface area contributed by atoms with Gasteiger partial charge in [-0.2, -0.15) is 5.21 Å². The molecule has 114 valence electrons. The van der Waals surface area contributed by atoms with Crippen LogP contribution in [0.5, 0.6) is 0 Å². The second-order valence-electron chi connectivity index (χ2n) is 5.53. The molecule has 0 saturated heterocycles. The summed E-state index contributed by atoms with van der Waals surface area (Å²) in [6, 6.07) is 13.4. The van der Waals surface area contributed by atoms with Crippen molar-refractivity contribution in [3.8, 4) is 11.4 Å². The van der Waals surface area contributed by atoms with Crippen LogP contribution in [0.2, 0.25) is 0 Å². The number of aromatic amines is 1. The van der Waals surface area contributed by atoms with E-state index in [0.29, 0.717) is 11.5 Å². The number of fused-ring (bicyclic) bond motifs is 1. The highest BCUT2D eigenvalue weighted by Gasteiger charge is 2.20. The predicted octanol–water partition coefficient (Wildman–Crippen LogP) is 2.61. The van der Waals surface area contributed by atoms with Crippen LogP contribution < -0.4 is 5.32 Å². The molecule has 4 rings (SSSR count). The summed E-state index contributed by atoms with van der Waals surface area (Å²) in [5.41, 5.74) is 4.62. The van der Waals surface area contributed by atoms with Gasteiger partial charge in [-0.15, -0.1) is 10.2 Å². The summed E-state index contributed by atoms with van der Waals surface area (Å²) >= 11 is 0. The molecule has 3 aromatic rings. The number of hydrogen-bond acceptors (Lipinski definition) is 4. The van der Waals surface area contributed by atoms with Crippen LogP contribution in [0.25, 0.3) is 11.4 Å². The lowest BCUT2D eigenvalue weighted by Crippen LogP contribution is -2.15. The third-order valence-electron chi connectivity index (χ3n) is 4.15. The third-order valence-corrected chi connectivity index (χ3v) is 4.15. The van der Waals surface area contributed by atoms with Crippen LogP contribution in [-0.4, -0.2) is 26.5 Å². The molecule has 23 heavy (non-hydrogen) atoms. The number of nitrogens with one attached hydrogen (secondary N) is 2. The van der Waals surface area contributed by atoms with Gasteiger partial charge in [0.05, 0.1) is 5.69 Å². The highest BCUT2D eigenvalue weighted by atomic mass is 16.1. The van der Waals surface area contributed by atoms with Crippen molar-refractivity contribution in [2.24, 2.45) is 0 Å². The van der Waals surface area contributed by atoms with E-state index >= 15 is 0 Å². The monoisotopic (exact) mass is 305 g/mol. The van der Waals surface area contributed by atoms with E-state index in [0.717, 1.165) is 30.4 Å². The zero-order valence-corrected chi connectivity index (χ0v) is 12.4. The van der Waals surface area contributed by atoms with Gasteiger partial charge in [0.25, 0.3) is 5.91 Å². The molecule has 6 heteroatoms. The van der Waals surface area contributed by atoms with Gasteiger partial charge in [0.15, 0.2) is 0 Å². The zero-order valence-electron chi connectivity index (χ0n) is 12.4. The van der Waals surface area contributed by atoms with Crippen LogP contribution in [0.15, 0.2) is 42.5 Å². The number of nitrogens with zero attached hydrogens (tertiary/aromatic N) is 3. The van der Waals surface area contributed by atoms with E-state index in [1.807, 2.05) is 36.4 Å². The predicted molar refractivity (Wildman–Crippen MR) is 86.0 cm³/mol. The lowest BCUT2D eigenvalue weighted by Gasteiger charge is -2.11. The van der Waals surface area contributed by atoms with Gasteiger partial charge in [0.1, 0.15) is 0 Å². The van der Waals surface area contributed by atoms with Crippen LogP contribution in [0.3, 0.4) is 0 Å². The van der Waals surface area contributed by atoms with Crippen molar-refractivity contribution in [3.63, 3.8) is 0 Å². The second-order valence-corrected chi connectivity index (χ2v) is 5.53. The fraction of sp³-hybridized carbons (Fsp3) is 0.176. The van der Waals surface area contributed by atoms with Gasteiger partial charge >= 0.3 is 0 Å². The van der Waals surface area contributed by atoms with Crippen LogP contribution in [0.1, 0.15) is 27.9 Å². The Hall–Kier alpha value is -3.02. The molecule has 1 aliphatic rings. The summed E-state index contributed by atoms with van der Waals surface area (Å²) < 4.78 is 0. The Labute approximate surface area is 132 Å². The minimum Gasteiger partial charge on any atom is -0.321 e. The summed E-state index contributed by atoms with van der Waals surface area (Å²) in [7, 11) is 0. The number of hydrogen-bond donors (Lipinski definition) is 2. The van der Waals surface area contributed by atoms with Crippen molar-refractivity contribution in [1.82, 2.24) is 20.6 Å². The van der Waals surface area contributed by atoms with E-state index in [1.165, 1.54) is 11.1 Å². The Bertz CT molecular complexity index is 857. The van der Waals surface area contributed by atoms with Crippen molar-refractivity contribution in [1.29, 1.82) is 0 Å². The molecule has 0 saturated carbocycles. The number of para-hydroxylation sites is 1. The number of carbonyl (C=O) groups excluding carboxylic acids is 1. The fourth-order valence-corrected chi connectivity index (χ4v) is 3.09. The van der Waals surface area contributed by atoms with Crippen molar-refractivity contribution < 1.29 is 4.79 Å². The molecule has 0 atom stereocenters. The standard InChI is InChI=1S/C17H15N5O/c23-17(13-9-4-6-11-5-3-8-12(11)13)18-15-10-2-1-7-14(15)16-19-21-22-20-16/h1-2,4,6-7,9-10H,3,5,8H2,(H,18,23)(H,19,20,21,22). The highest BCUT2D eigenvalue weighted by molar-refractivity contribution is 6.07. The lowest BCUT2D eigenvalue weighted by molar-refractivity contribution is 0.102. The van der Waals surface area contributed by atoms with Crippen LogP contribution in [0.4, 0.5) is 5.69 Å². The first-order valence-corrected chi connectivity index (χ1v) is 7.58. The summed E-state index contributed by atoms with van der Waals surface area (Å²) in [5.74, 6) is 0.360. The molecular weight excluding hydrogens is 290 g/mol. The molecule has 0 bridgehead atoms. The van der Waals surface area contributed by atoms with Crippen molar-refractivity contribution >= 4 is 11.6 Å². The van der Waals surface area contributed by atoms with Crippen molar-refractivity contribution in [2.75, 3.05) is 5.32 Å². The lowest BCUT2D eigenvalue weighted by atomic mass is 10.0. The number of benzene rings is 2. The minimum absolute atomic E-state index is 0.0975. The van der Waals surface area contributed by atoms with E-state index in [9.17, 15) is 4.79 Å². The van der Waals surface area contributed by atoms with E-state index < -0.39 is 0 Å². The first-order valence-electron chi connectivity index (χ1n) is 7.58. The number of rotatable bonds is 3. The molecule has 1 heterocycles. The normalized spacial score (nSPS) is 12.9. The van der Waals surface area contributed by atoms with E-state index in [-0.39, 0.29) is 5.91 Å². The number of aryl methyl sites for hydroxylation is 1. The molecule has 1 aromatic heterocycles. The second kappa shape index (κ2) is 5.64. The van der Waals surface area contributed by atoms with Crippen molar-refractivity contribution in [2.45, 2.75) is 19.3 Å². The molecule has 1 aliphatic carbocycles. The Morgan fingerprint density at radius 3 is 2.87 bits per heavy atom. The Kier molecular flexibility index (Phi) is 3.34. The molecule has 0 aliphatic heterocycles. The quantitative estimate of drug-likeness (QED) is 0.779. The number of aromatic nitrogens is 4. The molecule has 0 fully saturated rings. The summed E-state index contributed by atoms with van der Waals surface area (Å²) in [4.78, 5) is 12.7. The summed E-state index contributed by atoms with van der Waals surface area (Å²) in [5, 5.41) is 17.0. The van der Waals surface area contributed by atoms with E-state index in [2.05, 4.69) is 32.0 Å². The number of carbonyl (C=O) groups is 1. The van der Waals surface area contributed by atoms with Gasteiger partial charge < -0.3 is 5.32 Å². The molecule has 1 amide bonds. The molecule has 2 aromatic carbocycles. The SMILES string of the molecule is O=C(Nc1ccccc1-c1nn[nH]n1)c1cccc2c1CCC2. The van der Waals surface area contributed by atoms with Crippen LogP contribution in [-0.2, 0) is 12.8 Å². The van der Waals surface area contributed by atoms with Crippen molar-refractivity contribution in [3.05, 3.63) is 59.2 Å². The number of H-pyrrole nitrogens is 1. The summed E-state index contributed by atoms with van der Waals surface area (Å²) in [6.45, 7) is 0. The Balaban J connectivity index is 1.67. The maximum atomic E-state index is 12.7. The summed E-state index contributed by atoms with van der Waals surface area (Å²) in [6.07, 6.45) is 3.13. The van der Waals surface area contributed by atoms with Crippen LogP contribution in [0, 0.1) is 0 Å². The van der Waals surface area contributed by atoms with Gasteiger partial charge in [-0.3, -0.25) is 4.79 Å². The number of tetrazole rings is 1. The highest BCUT2D eigenvalue weighted by Crippen LogP contribution is 2.28. The molecule has 6 nitrogen and oxygen atoms in total. The average Bonchev–Trinajstić information content (AvgIpc) is 3.26. The Morgan fingerprint density at radius 2 is 2.00 bits per heavy atom. The van der Waals surface area contributed by atoms with Gasteiger partial charge in [-0.1, -0.05) is 24.3 Å². The molecule has 0 unspecified atom stereocenters. The number of amides is 1. The fourth-order valence-electron chi connectivity index (χ4n) is 3.09. The van der Waals surface area contributed by atoms with Gasteiger partial charge in [0, 0.05) is 11.1 Å². The maximum absolute atomic E-state index is 12.7. The molecular formula is C17H15N5O. The molecule has 2 N–H and O–H groups in total.